The summed E-state index contributed by atoms with van der Waals surface area (Å²) >= 11 is 0. The van der Waals surface area contributed by atoms with Crippen LogP contribution in [0.5, 0.6) is 0 Å². The van der Waals surface area contributed by atoms with E-state index in [9.17, 15) is 0 Å². The molecule has 0 radical (unpaired) electrons. The lowest BCUT2D eigenvalue weighted by Gasteiger charge is -2.38. The first-order chi connectivity index (χ1) is 18.3. The average Bonchev–Trinajstić information content (AvgIpc) is 2.96. The molecule has 5 heteroatoms. The number of rotatable bonds is 11. The van der Waals surface area contributed by atoms with Crippen molar-refractivity contribution in [1.82, 2.24) is 20.2 Å². The van der Waals surface area contributed by atoms with Gasteiger partial charge < -0.3 is 10.1 Å². The van der Waals surface area contributed by atoms with E-state index in [0.717, 1.165) is 38.2 Å². The number of ether oxygens (including phenoxy) is 1. The highest BCUT2D eigenvalue weighted by molar-refractivity contribution is 5.27. The molecule has 1 aliphatic carbocycles. The van der Waals surface area contributed by atoms with E-state index < -0.39 is 0 Å². The van der Waals surface area contributed by atoms with Gasteiger partial charge in [-0.3, -0.25) is 14.9 Å². The van der Waals surface area contributed by atoms with Gasteiger partial charge in [0, 0.05) is 32.0 Å². The van der Waals surface area contributed by atoms with Crippen molar-refractivity contribution in [3.63, 3.8) is 0 Å². The van der Waals surface area contributed by atoms with E-state index in [1.54, 1.807) is 0 Å². The van der Waals surface area contributed by atoms with E-state index in [0.29, 0.717) is 6.61 Å². The maximum Gasteiger partial charge on any atom is 0.109 e. The maximum absolute atomic E-state index is 6.45. The van der Waals surface area contributed by atoms with Gasteiger partial charge in [-0.2, -0.15) is 0 Å². The molecule has 4 aromatic rings. The second kappa shape index (κ2) is 12.7. The Kier molecular flexibility index (Phi) is 8.70. The summed E-state index contributed by atoms with van der Waals surface area (Å²) in [6, 6.07) is 29.8. The fourth-order valence-electron chi connectivity index (χ4n) is 5.17. The summed E-state index contributed by atoms with van der Waals surface area (Å²) in [6.45, 7) is 5.14. The Hall–Kier alpha value is -3.38. The van der Waals surface area contributed by atoms with Crippen LogP contribution in [0.4, 0.5) is 0 Å². The third-order valence-corrected chi connectivity index (χ3v) is 7.08. The van der Waals surface area contributed by atoms with E-state index in [-0.39, 0.29) is 12.3 Å². The number of hydrogen-bond donors (Lipinski definition) is 1. The molecule has 0 bridgehead atoms. The number of aryl methyl sites for hydroxylation is 1. The van der Waals surface area contributed by atoms with Crippen LogP contribution in [-0.4, -0.2) is 21.1 Å². The Morgan fingerprint density at radius 2 is 1.68 bits per heavy atom. The fourth-order valence-corrected chi connectivity index (χ4v) is 5.17. The molecule has 0 saturated heterocycles. The van der Waals surface area contributed by atoms with Crippen LogP contribution >= 0.6 is 0 Å². The van der Waals surface area contributed by atoms with Crippen molar-refractivity contribution in [2.45, 2.75) is 64.7 Å². The average molecular weight is 493 g/mol. The van der Waals surface area contributed by atoms with Crippen LogP contribution < -0.4 is 5.32 Å². The van der Waals surface area contributed by atoms with Gasteiger partial charge in [-0.1, -0.05) is 66.7 Å². The number of nitrogens with one attached hydrogen (secondary N) is 1. The van der Waals surface area contributed by atoms with Crippen molar-refractivity contribution < 1.29 is 4.74 Å². The van der Waals surface area contributed by atoms with Crippen LogP contribution in [0, 0.1) is 0 Å². The topological polar surface area (TPSA) is 50.3 Å². The molecule has 0 saturated carbocycles. The smallest absolute Gasteiger partial charge is 0.109 e. The van der Waals surface area contributed by atoms with Crippen molar-refractivity contribution in [1.29, 1.82) is 0 Å². The number of hydrogen-bond acceptors (Lipinski definition) is 5. The van der Waals surface area contributed by atoms with Crippen LogP contribution in [-0.2, 0) is 37.4 Å². The second-order valence-corrected chi connectivity index (χ2v) is 9.77. The molecule has 2 unspecified atom stereocenters. The molecule has 0 amide bonds. The molecule has 2 atom stereocenters. The zero-order chi connectivity index (χ0) is 25.3. The minimum Gasteiger partial charge on any atom is -0.359 e. The third kappa shape index (κ3) is 6.89. The van der Waals surface area contributed by atoms with E-state index >= 15 is 0 Å². The van der Waals surface area contributed by atoms with Crippen LogP contribution in [0.2, 0.25) is 0 Å². The minimum absolute atomic E-state index is 0.0518. The summed E-state index contributed by atoms with van der Waals surface area (Å²) in [5.41, 5.74) is 7.38. The molecule has 1 aliphatic rings. The first kappa shape index (κ1) is 25.3. The number of fused-ring (bicyclic) bond motifs is 1. The standard InChI is InChI=1S/C32H36N4O/c1-25(37-24-26-10-3-2-4-11-26)36(31-17-8-14-29-15-9-19-35-32(29)31)23-28-13-7-12-27(20-28)21-33-22-30-16-5-6-18-34-30/h2-7,9-13,15-16,18-20,25,31,33H,8,14,17,21-24H2,1H3. The van der Waals surface area contributed by atoms with Gasteiger partial charge in [0.2, 0.25) is 0 Å². The molecule has 2 heterocycles. The van der Waals surface area contributed by atoms with E-state index in [4.69, 9.17) is 9.72 Å². The van der Waals surface area contributed by atoms with Gasteiger partial charge in [0.15, 0.2) is 0 Å². The van der Waals surface area contributed by atoms with Crippen LogP contribution in [0.3, 0.4) is 0 Å². The van der Waals surface area contributed by atoms with E-state index in [1.807, 2.05) is 36.7 Å². The molecule has 1 N–H and O–H groups in total. The largest absolute Gasteiger partial charge is 0.359 e. The zero-order valence-corrected chi connectivity index (χ0v) is 21.6. The van der Waals surface area contributed by atoms with Gasteiger partial charge in [0.1, 0.15) is 6.23 Å². The molecule has 2 aromatic carbocycles. The molecule has 2 aromatic heterocycles. The van der Waals surface area contributed by atoms with Crippen LogP contribution in [0.15, 0.2) is 97.3 Å². The molecule has 190 valence electrons. The predicted octanol–water partition coefficient (Wildman–Crippen LogP) is 6.21. The summed E-state index contributed by atoms with van der Waals surface area (Å²) in [6.07, 6.45) is 7.08. The van der Waals surface area contributed by atoms with Gasteiger partial charge in [-0.15, -0.1) is 0 Å². The van der Waals surface area contributed by atoms with Gasteiger partial charge in [0.05, 0.1) is 24.0 Å². The number of nitrogens with zero attached hydrogens (tertiary/aromatic N) is 3. The highest BCUT2D eigenvalue weighted by Gasteiger charge is 2.30. The lowest BCUT2D eigenvalue weighted by Crippen LogP contribution is -2.39. The molecule has 0 fully saturated rings. The van der Waals surface area contributed by atoms with Crippen molar-refractivity contribution in [2.75, 3.05) is 0 Å². The zero-order valence-electron chi connectivity index (χ0n) is 21.6. The lowest BCUT2D eigenvalue weighted by molar-refractivity contribution is -0.0854. The van der Waals surface area contributed by atoms with Gasteiger partial charge in [-0.05, 0) is 66.6 Å². The van der Waals surface area contributed by atoms with Crippen molar-refractivity contribution in [2.24, 2.45) is 0 Å². The van der Waals surface area contributed by atoms with Gasteiger partial charge >= 0.3 is 0 Å². The molecular weight excluding hydrogens is 456 g/mol. The first-order valence-corrected chi connectivity index (χ1v) is 13.3. The Balaban J connectivity index is 1.31. The lowest BCUT2D eigenvalue weighted by atomic mass is 9.90. The van der Waals surface area contributed by atoms with Crippen molar-refractivity contribution >= 4 is 0 Å². The van der Waals surface area contributed by atoms with Crippen molar-refractivity contribution in [3.8, 4) is 0 Å². The maximum atomic E-state index is 6.45. The van der Waals surface area contributed by atoms with Gasteiger partial charge in [0.25, 0.3) is 0 Å². The summed E-state index contributed by atoms with van der Waals surface area (Å²) in [4.78, 5) is 11.7. The first-order valence-electron chi connectivity index (χ1n) is 13.3. The molecule has 37 heavy (non-hydrogen) atoms. The van der Waals surface area contributed by atoms with Crippen LogP contribution in [0.1, 0.15) is 59.4 Å². The second-order valence-electron chi connectivity index (χ2n) is 9.77. The van der Waals surface area contributed by atoms with E-state index in [1.165, 1.54) is 34.4 Å². The molecule has 0 spiro atoms. The Labute approximate surface area is 220 Å². The third-order valence-electron chi connectivity index (χ3n) is 7.08. The Morgan fingerprint density at radius 3 is 2.54 bits per heavy atom. The number of aromatic nitrogens is 2. The minimum atomic E-state index is -0.0518. The summed E-state index contributed by atoms with van der Waals surface area (Å²) in [7, 11) is 0. The Bertz CT molecular complexity index is 1250. The predicted molar refractivity (Wildman–Crippen MR) is 147 cm³/mol. The number of benzene rings is 2. The highest BCUT2D eigenvalue weighted by atomic mass is 16.5. The molecule has 5 nitrogen and oxygen atoms in total. The number of pyridine rings is 2. The normalized spacial score (nSPS) is 15.9. The summed E-state index contributed by atoms with van der Waals surface area (Å²) < 4.78 is 6.45. The molecular formula is C32H36N4O. The van der Waals surface area contributed by atoms with Crippen LogP contribution in [0.25, 0.3) is 0 Å². The molecule has 5 rings (SSSR count). The van der Waals surface area contributed by atoms with Gasteiger partial charge in [-0.25, -0.2) is 0 Å². The highest BCUT2D eigenvalue weighted by Crippen LogP contribution is 2.35. The molecule has 0 aliphatic heterocycles. The SMILES string of the molecule is CC(OCc1ccccc1)N(Cc1cccc(CNCc2ccccn2)c1)C1CCCc2cccnc21. The van der Waals surface area contributed by atoms with E-state index in [2.05, 4.69) is 82.8 Å². The Morgan fingerprint density at radius 1 is 0.865 bits per heavy atom. The monoisotopic (exact) mass is 492 g/mol. The summed E-state index contributed by atoms with van der Waals surface area (Å²) in [5, 5.41) is 3.53. The van der Waals surface area contributed by atoms with Crippen molar-refractivity contribution in [3.05, 3.63) is 131 Å². The summed E-state index contributed by atoms with van der Waals surface area (Å²) in [5.74, 6) is 0. The quantitative estimate of drug-likeness (QED) is 0.252. The fraction of sp³-hybridized carbons (Fsp3) is 0.312.